The minimum atomic E-state index is -0.275. The number of hydrogen-bond acceptors (Lipinski definition) is 3. The monoisotopic (exact) mass is 258 g/mol. The number of aryl methyl sites for hydroxylation is 2. The molecular formula is C16H18O3. The molecule has 100 valence electrons. The van der Waals surface area contributed by atoms with Gasteiger partial charge in [0.25, 0.3) is 0 Å². The van der Waals surface area contributed by atoms with Crippen LogP contribution in [-0.2, 0) is 12.8 Å². The maximum atomic E-state index is 10.2. The number of hydrogen-bond donors (Lipinski definition) is 3. The molecule has 0 saturated heterocycles. The molecule has 0 aliphatic carbocycles. The average Bonchev–Trinajstić information content (AvgIpc) is 2.43. The number of benzene rings is 2. The molecule has 0 saturated carbocycles. The van der Waals surface area contributed by atoms with Crippen LogP contribution in [0.15, 0.2) is 30.3 Å². The van der Waals surface area contributed by atoms with Gasteiger partial charge in [-0.3, -0.25) is 0 Å². The molecule has 0 unspecified atom stereocenters. The standard InChI is InChI=1S/C16H18O3/c1-3-10-6-5-7-12(8-10)14-15(18)11(4-2)9-13(17)16(14)19/h5-9,17-19H,3-4H2,1-2H3. The molecule has 0 aromatic heterocycles. The zero-order chi connectivity index (χ0) is 14.0. The molecule has 2 aromatic carbocycles. The molecule has 0 heterocycles. The molecule has 3 N–H and O–H groups in total. The fourth-order valence-electron chi connectivity index (χ4n) is 2.19. The van der Waals surface area contributed by atoms with Crippen LogP contribution in [0.4, 0.5) is 0 Å². The van der Waals surface area contributed by atoms with Crippen LogP contribution in [0.5, 0.6) is 17.2 Å². The molecule has 0 aliphatic heterocycles. The van der Waals surface area contributed by atoms with Gasteiger partial charge in [0.1, 0.15) is 5.75 Å². The van der Waals surface area contributed by atoms with Crippen molar-refractivity contribution in [3.63, 3.8) is 0 Å². The second-order valence-electron chi connectivity index (χ2n) is 4.53. The highest BCUT2D eigenvalue weighted by Crippen LogP contribution is 2.45. The zero-order valence-electron chi connectivity index (χ0n) is 11.1. The van der Waals surface area contributed by atoms with E-state index in [1.54, 1.807) is 0 Å². The molecular weight excluding hydrogens is 240 g/mol. The molecule has 3 heteroatoms. The van der Waals surface area contributed by atoms with E-state index in [1.165, 1.54) is 6.07 Å². The summed E-state index contributed by atoms with van der Waals surface area (Å²) in [5, 5.41) is 30.0. The SMILES string of the molecule is CCc1cccc(-c2c(O)c(O)cc(CC)c2O)c1. The third kappa shape index (κ3) is 2.36. The summed E-state index contributed by atoms with van der Waals surface area (Å²) in [6, 6.07) is 8.99. The Kier molecular flexibility index (Phi) is 3.65. The van der Waals surface area contributed by atoms with Gasteiger partial charge >= 0.3 is 0 Å². The summed E-state index contributed by atoms with van der Waals surface area (Å²) < 4.78 is 0. The van der Waals surface area contributed by atoms with Gasteiger partial charge in [-0.25, -0.2) is 0 Å². The summed E-state index contributed by atoms with van der Waals surface area (Å²) in [6.45, 7) is 3.93. The Morgan fingerprint density at radius 2 is 1.63 bits per heavy atom. The van der Waals surface area contributed by atoms with E-state index in [1.807, 2.05) is 38.1 Å². The Morgan fingerprint density at radius 3 is 2.26 bits per heavy atom. The molecule has 3 nitrogen and oxygen atoms in total. The zero-order valence-corrected chi connectivity index (χ0v) is 11.1. The maximum Gasteiger partial charge on any atom is 0.169 e. The molecule has 19 heavy (non-hydrogen) atoms. The second-order valence-corrected chi connectivity index (χ2v) is 4.53. The predicted octanol–water partition coefficient (Wildman–Crippen LogP) is 3.60. The van der Waals surface area contributed by atoms with E-state index in [-0.39, 0.29) is 17.2 Å². The van der Waals surface area contributed by atoms with Crippen molar-refractivity contribution in [3.05, 3.63) is 41.5 Å². The number of rotatable bonds is 3. The van der Waals surface area contributed by atoms with Gasteiger partial charge in [-0.1, -0.05) is 38.1 Å². The summed E-state index contributed by atoms with van der Waals surface area (Å²) in [7, 11) is 0. The van der Waals surface area contributed by atoms with E-state index >= 15 is 0 Å². The normalized spacial score (nSPS) is 10.6. The van der Waals surface area contributed by atoms with Crippen LogP contribution in [0.25, 0.3) is 11.1 Å². The first kappa shape index (κ1) is 13.3. The third-order valence-corrected chi connectivity index (χ3v) is 3.34. The van der Waals surface area contributed by atoms with Crippen LogP contribution in [0.1, 0.15) is 25.0 Å². The molecule has 2 aromatic rings. The fraction of sp³-hybridized carbons (Fsp3) is 0.250. The Balaban J connectivity index is 2.69. The van der Waals surface area contributed by atoms with Crippen molar-refractivity contribution >= 4 is 0 Å². The molecule has 0 amide bonds. The van der Waals surface area contributed by atoms with Gasteiger partial charge in [0.15, 0.2) is 11.5 Å². The van der Waals surface area contributed by atoms with E-state index in [9.17, 15) is 15.3 Å². The van der Waals surface area contributed by atoms with Crippen LogP contribution in [0.3, 0.4) is 0 Å². The van der Waals surface area contributed by atoms with E-state index < -0.39 is 0 Å². The van der Waals surface area contributed by atoms with Gasteiger partial charge in [-0.05, 0) is 35.6 Å². The van der Waals surface area contributed by atoms with E-state index in [0.717, 1.165) is 12.0 Å². The summed E-state index contributed by atoms with van der Waals surface area (Å²) in [6.07, 6.45) is 1.45. The first-order valence-electron chi connectivity index (χ1n) is 6.44. The van der Waals surface area contributed by atoms with Crippen LogP contribution < -0.4 is 0 Å². The Bertz CT molecular complexity index is 603. The van der Waals surface area contributed by atoms with Crippen LogP contribution in [0, 0.1) is 0 Å². The van der Waals surface area contributed by atoms with Crippen molar-refractivity contribution in [3.8, 4) is 28.4 Å². The lowest BCUT2D eigenvalue weighted by molar-refractivity contribution is 0.397. The minimum Gasteiger partial charge on any atom is -0.507 e. The smallest absolute Gasteiger partial charge is 0.169 e. The molecule has 2 rings (SSSR count). The fourth-order valence-corrected chi connectivity index (χ4v) is 2.19. The predicted molar refractivity (Wildman–Crippen MR) is 75.6 cm³/mol. The van der Waals surface area contributed by atoms with Gasteiger partial charge in [-0.15, -0.1) is 0 Å². The van der Waals surface area contributed by atoms with Crippen molar-refractivity contribution in [1.29, 1.82) is 0 Å². The highest BCUT2D eigenvalue weighted by molar-refractivity contribution is 5.80. The molecule has 0 atom stereocenters. The van der Waals surface area contributed by atoms with Crippen molar-refractivity contribution < 1.29 is 15.3 Å². The van der Waals surface area contributed by atoms with Crippen molar-refractivity contribution in [2.75, 3.05) is 0 Å². The van der Waals surface area contributed by atoms with Gasteiger partial charge in [-0.2, -0.15) is 0 Å². The van der Waals surface area contributed by atoms with Crippen molar-refractivity contribution in [2.24, 2.45) is 0 Å². The Hall–Kier alpha value is -2.16. The largest absolute Gasteiger partial charge is 0.507 e. The maximum absolute atomic E-state index is 10.2. The van der Waals surface area contributed by atoms with Crippen LogP contribution in [0.2, 0.25) is 0 Å². The lowest BCUT2D eigenvalue weighted by Crippen LogP contribution is -1.89. The van der Waals surface area contributed by atoms with Crippen molar-refractivity contribution in [2.45, 2.75) is 26.7 Å². The van der Waals surface area contributed by atoms with Crippen molar-refractivity contribution in [1.82, 2.24) is 0 Å². The Labute approximate surface area is 112 Å². The van der Waals surface area contributed by atoms with Crippen LogP contribution >= 0.6 is 0 Å². The van der Waals surface area contributed by atoms with Gasteiger partial charge in [0.05, 0.1) is 5.56 Å². The summed E-state index contributed by atoms with van der Waals surface area (Å²) in [5.41, 5.74) is 2.73. The lowest BCUT2D eigenvalue weighted by Gasteiger charge is -2.13. The highest BCUT2D eigenvalue weighted by Gasteiger charge is 2.17. The average molecular weight is 258 g/mol. The Morgan fingerprint density at radius 1 is 0.895 bits per heavy atom. The van der Waals surface area contributed by atoms with Gasteiger partial charge < -0.3 is 15.3 Å². The third-order valence-electron chi connectivity index (χ3n) is 3.34. The summed E-state index contributed by atoms with van der Waals surface area (Å²) >= 11 is 0. The quantitative estimate of drug-likeness (QED) is 0.582. The molecule has 0 fully saturated rings. The topological polar surface area (TPSA) is 60.7 Å². The van der Waals surface area contributed by atoms with Crippen LogP contribution in [-0.4, -0.2) is 15.3 Å². The first-order valence-corrected chi connectivity index (χ1v) is 6.44. The van der Waals surface area contributed by atoms with E-state index in [4.69, 9.17) is 0 Å². The van der Waals surface area contributed by atoms with E-state index in [2.05, 4.69) is 0 Å². The summed E-state index contributed by atoms with van der Waals surface area (Å²) in [4.78, 5) is 0. The van der Waals surface area contributed by atoms with Gasteiger partial charge in [0, 0.05) is 0 Å². The number of phenols is 3. The second kappa shape index (κ2) is 5.22. The minimum absolute atomic E-state index is 0.0334. The molecule has 0 bridgehead atoms. The first-order chi connectivity index (χ1) is 9.08. The highest BCUT2D eigenvalue weighted by atomic mass is 16.3. The summed E-state index contributed by atoms with van der Waals surface area (Å²) in [5.74, 6) is -0.444. The van der Waals surface area contributed by atoms with E-state index in [0.29, 0.717) is 23.1 Å². The number of aromatic hydroxyl groups is 3. The molecule has 0 radical (unpaired) electrons. The molecule has 0 aliphatic rings. The number of phenolic OH excluding ortho intramolecular Hbond substituents is 3. The molecule has 0 spiro atoms. The van der Waals surface area contributed by atoms with Gasteiger partial charge in [0.2, 0.25) is 0 Å². The lowest BCUT2D eigenvalue weighted by atomic mass is 9.96.